The number of nitro groups is 1. The molecule has 7 nitrogen and oxygen atoms in total. The van der Waals surface area contributed by atoms with Gasteiger partial charge in [-0.1, -0.05) is 12.1 Å². The predicted octanol–water partition coefficient (Wildman–Crippen LogP) is 3.55. The molecule has 0 aliphatic heterocycles. The van der Waals surface area contributed by atoms with Crippen molar-refractivity contribution in [1.82, 2.24) is 0 Å². The van der Waals surface area contributed by atoms with Gasteiger partial charge in [-0.15, -0.1) is 0 Å². The van der Waals surface area contributed by atoms with E-state index in [1.165, 1.54) is 24.6 Å². The molecule has 0 fully saturated rings. The van der Waals surface area contributed by atoms with Crippen LogP contribution >= 0.6 is 0 Å². The molecule has 0 radical (unpaired) electrons. The lowest BCUT2D eigenvalue weighted by atomic mass is 10.0. The molecule has 0 aromatic heterocycles. The van der Waals surface area contributed by atoms with Crippen LogP contribution in [-0.2, 0) is 17.6 Å². The number of hydrogen-bond donors (Lipinski definition) is 1. The van der Waals surface area contributed by atoms with E-state index in [1.807, 2.05) is 12.1 Å². The number of rotatable bonds is 6. The van der Waals surface area contributed by atoms with Gasteiger partial charge in [-0.05, 0) is 55.5 Å². The third-order valence-corrected chi connectivity index (χ3v) is 4.74. The van der Waals surface area contributed by atoms with Gasteiger partial charge in [-0.2, -0.15) is 0 Å². The Balaban J connectivity index is 1.74. The second-order valence-corrected chi connectivity index (χ2v) is 6.49. The average molecular weight is 368 g/mol. The van der Waals surface area contributed by atoms with E-state index in [1.54, 1.807) is 13.1 Å². The van der Waals surface area contributed by atoms with Crippen molar-refractivity contribution in [3.8, 4) is 0 Å². The molecule has 1 N–H and O–H groups in total. The first kappa shape index (κ1) is 18.6. The number of carbonyl (C=O) groups excluding carboxylic acids is 2. The van der Waals surface area contributed by atoms with E-state index in [2.05, 4.69) is 5.32 Å². The second kappa shape index (κ2) is 7.57. The van der Waals surface area contributed by atoms with Gasteiger partial charge >= 0.3 is 5.97 Å². The number of ether oxygens (including phenoxy) is 1. The van der Waals surface area contributed by atoms with Gasteiger partial charge in [0.2, 0.25) is 5.78 Å². The van der Waals surface area contributed by atoms with Crippen molar-refractivity contribution < 1.29 is 19.2 Å². The van der Waals surface area contributed by atoms with Gasteiger partial charge in [-0.25, -0.2) is 4.79 Å². The highest BCUT2D eigenvalue weighted by atomic mass is 16.6. The third-order valence-electron chi connectivity index (χ3n) is 4.74. The van der Waals surface area contributed by atoms with Crippen molar-refractivity contribution in [2.75, 3.05) is 12.4 Å². The number of esters is 1. The van der Waals surface area contributed by atoms with Gasteiger partial charge in [0.1, 0.15) is 5.69 Å². The number of aryl methyl sites for hydroxylation is 2. The molecule has 2 aromatic carbocycles. The fraction of sp³-hybridized carbons (Fsp3) is 0.300. The Morgan fingerprint density at radius 3 is 2.52 bits per heavy atom. The van der Waals surface area contributed by atoms with Crippen LogP contribution in [0.4, 0.5) is 11.4 Å². The number of fused-ring (bicyclic) bond motifs is 1. The third kappa shape index (κ3) is 3.81. The Hall–Kier alpha value is -3.22. The highest BCUT2D eigenvalue weighted by Crippen LogP contribution is 2.26. The average Bonchev–Trinajstić information content (AvgIpc) is 3.14. The lowest BCUT2D eigenvalue weighted by Gasteiger charge is -2.13. The summed E-state index contributed by atoms with van der Waals surface area (Å²) < 4.78 is 5.25. The van der Waals surface area contributed by atoms with Gasteiger partial charge in [0.05, 0.1) is 10.5 Å². The second-order valence-electron chi connectivity index (χ2n) is 6.49. The smallest absolute Gasteiger partial charge is 0.339 e. The van der Waals surface area contributed by atoms with E-state index in [0.717, 1.165) is 30.9 Å². The van der Waals surface area contributed by atoms with E-state index in [9.17, 15) is 19.7 Å². The van der Waals surface area contributed by atoms with E-state index in [-0.39, 0.29) is 17.0 Å². The monoisotopic (exact) mass is 368 g/mol. The number of benzene rings is 2. The van der Waals surface area contributed by atoms with Crippen LogP contribution in [0.1, 0.15) is 45.2 Å². The summed E-state index contributed by atoms with van der Waals surface area (Å²) in [7, 11) is 1.55. The zero-order valence-corrected chi connectivity index (χ0v) is 15.2. The lowest BCUT2D eigenvalue weighted by Crippen LogP contribution is -2.24. The number of nitrogens with zero attached hydrogens (tertiary/aromatic N) is 1. The van der Waals surface area contributed by atoms with E-state index >= 15 is 0 Å². The molecule has 3 rings (SSSR count). The molecular weight excluding hydrogens is 348 g/mol. The van der Waals surface area contributed by atoms with Crippen molar-refractivity contribution >= 4 is 23.1 Å². The molecule has 1 aliphatic carbocycles. The van der Waals surface area contributed by atoms with E-state index in [0.29, 0.717) is 11.3 Å². The van der Waals surface area contributed by atoms with Crippen LogP contribution in [-0.4, -0.2) is 29.8 Å². The van der Waals surface area contributed by atoms with Gasteiger partial charge in [0.15, 0.2) is 6.10 Å². The molecule has 0 saturated carbocycles. The fourth-order valence-corrected chi connectivity index (χ4v) is 3.26. The number of hydrogen-bond acceptors (Lipinski definition) is 6. The summed E-state index contributed by atoms with van der Waals surface area (Å²) in [5.74, 6) is -1.07. The highest BCUT2D eigenvalue weighted by Gasteiger charge is 2.24. The van der Waals surface area contributed by atoms with Gasteiger partial charge < -0.3 is 10.1 Å². The van der Waals surface area contributed by atoms with Crippen LogP contribution in [0.3, 0.4) is 0 Å². The first-order valence-electron chi connectivity index (χ1n) is 8.74. The van der Waals surface area contributed by atoms with Gasteiger partial charge in [0, 0.05) is 18.7 Å². The van der Waals surface area contributed by atoms with Gasteiger partial charge in [-0.3, -0.25) is 14.9 Å². The molecule has 27 heavy (non-hydrogen) atoms. The summed E-state index contributed by atoms with van der Waals surface area (Å²) in [5, 5.41) is 13.8. The zero-order chi connectivity index (χ0) is 19.6. The van der Waals surface area contributed by atoms with Crippen LogP contribution < -0.4 is 5.32 Å². The summed E-state index contributed by atoms with van der Waals surface area (Å²) in [6, 6.07) is 9.56. The summed E-state index contributed by atoms with van der Waals surface area (Å²) in [5.41, 5.74) is 3.01. The van der Waals surface area contributed by atoms with Gasteiger partial charge in [0.25, 0.3) is 5.69 Å². The molecule has 0 spiro atoms. The van der Waals surface area contributed by atoms with E-state index in [4.69, 9.17) is 4.74 Å². The maximum atomic E-state index is 12.6. The Kier molecular flexibility index (Phi) is 5.21. The Morgan fingerprint density at radius 1 is 1.11 bits per heavy atom. The number of nitrogens with one attached hydrogen (secondary N) is 1. The molecule has 0 bridgehead atoms. The summed E-state index contributed by atoms with van der Waals surface area (Å²) in [6.07, 6.45) is 2.07. The van der Waals surface area contributed by atoms with Crippen molar-refractivity contribution in [1.29, 1.82) is 0 Å². The summed E-state index contributed by atoms with van der Waals surface area (Å²) in [6.45, 7) is 1.50. The predicted molar refractivity (Wildman–Crippen MR) is 100 cm³/mol. The topological polar surface area (TPSA) is 98.5 Å². The summed E-state index contributed by atoms with van der Waals surface area (Å²) >= 11 is 0. The van der Waals surface area contributed by atoms with Crippen molar-refractivity contribution in [2.45, 2.75) is 32.3 Å². The molecular formula is C20H20N2O5. The minimum atomic E-state index is -0.986. The molecule has 0 amide bonds. The first-order valence-corrected chi connectivity index (χ1v) is 8.74. The minimum Gasteiger partial charge on any atom is -0.451 e. The minimum absolute atomic E-state index is 0.0225. The van der Waals surface area contributed by atoms with Crippen LogP contribution in [0.2, 0.25) is 0 Å². The van der Waals surface area contributed by atoms with Crippen LogP contribution in [0.5, 0.6) is 0 Å². The van der Waals surface area contributed by atoms with Crippen molar-refractivity contribution in [2.24, 2.45) is 0 Å². The van der Waals surface area contributed by atoms with Crippen LogP contribution in [0, 0.1) is 10.1 Å². The first-order chi connectivity index (χ1) is 12.9. The standard InChI is InChI=1S/C20H20N2O5/c1-12(19(23)15-7-6-13-4-3-5-14(13)10-15)27-20(24)16-8-9-17(21-2)18(11-16)22(25)26/h6-12,21H,3-5H2,1-2H3/t12-/m0/s1. The largest absolute Gasteiger partial charge is 0.451 e. The van der Waals surface area contributed by atoms with Crippen LogP contribution in [0.25, 0.3) is 0 Å². The number of nitro benzene ring substituents is 1. The quantitative estimate of drug-likeness (QED) is 0.362. The molecule has 140 valence electrons. The molecule has 0 saturated heterocycles. The molecule has 2 aromatic rings. The molecule has 7 heteroatoms. The molecule has 1 aliphatic rings. The number of carbonyl (C=O) groups is 2. The maximum Gasteiger partial charge on any atom is 0.339 e. The maximum absolute atomic E-state index is 12.6. The Labute approximate surface area is 156 Å². The summed E-state index contributed by atoms with van der Waals surface area (Å²) in [4.78, 5) is 35.5. The normalized spacial score (nSPS) is 13.6. The molecule has 0 unspecified atom stereocenters. The molecule has 0 heterocycles. The highest BCUT2D eigenvalue weighted by molar-refractivity contribution is 6.01. The Morgan fingerprint density at radius 2 is 1.81 bits per heavy atom. The van der Waals surface area contributed by atoms with E-state index < -0.39 is 17.0 Å². The number of anilines is 1. The van der Waals surface area contributed by atoms with Crippen LogP contribution in [0.15, 0.2) is 36.4 Å². The zero-order valence-electron chi connectivity index (χ0n) is 15.2. The SMILES string of the molecule is CNc1ccc(C(=O)O[C@@H](C)C(=O)c2ccc3c(c2)CCC3)cc1[N+](=O)[O-]. The van der Waals surface area contributed by atoms with Crippen molar-refractivity contribution in [3.63, 3.8) is 0 Å². The van der Waals surface area contributed by atoms with Crippen molar-refractivity contribution in [3.05, 3.63) is 68.8 Å². The number of Topliss-reactive ketones (excluding diaryl/α,β-unsaturated/α-hetero) is 1. The fourth-order valence-electron chi connectivity index (χ4n) is 3.26. The Bertz CT molecular complexity index is 923. The lowest BCUT2D eigenvalue weighted by molar-refractivity contribution is -0.384. The molecule has 1 atom stereocenters. The number of ketones is 1.